The van der Waals surface area contributed by atoms with Crippen LogP contribution in [0.15, 0.2) is 18.2 Å². The van der Waals surface area contributed by atoms with Gasteiger partial charge >= 0.3 is 0 Å². The highest BCUT2D eigenvalue weighted by atomic mass is 35.5. The van der Waals surface area contributed by atoms with Crippen molar-refractivity contribution in [1.82, 2.24) is 4.90 Å². The van der Waals surface area contributed by atoms with Crippen LogP contribution in [0.4, 0.5) is 5.69 Å². The number of benzene rings is 1. The number of halogens is 2. The van der Waals surface area contributed by atoms with Crippen LogP contribution in [0.25, 0.3) is 0 Å². The summed E-state index contributed by atoms with van der Waals surface area (Å²) in [4.78, 5) is 2.66. The van der Waals surface area contributed by atoms with E-state index in [9.17, 15) is 0 Å². The van der Waals surface area contributed by atoms with E-state index in [1.54, 1.807) is 6.07 Å². The van der Waals surface area contributed by atoms with Gasteiger partial charge in [0.05, 0.1) is 0 Å². The fourth-order valence-corrected chi connectivity index (χ4v) is 4.47. The lowest BCUT2D eigenvalue weighted by Crippen LogP contribution is -2.37. The van der Waals surface area contributed by atoms with E-state index in [-0.39, 0.29) is 0 Å². The molecule has 1 spiro atoms. The van der Waals surface area contributed by atoms with Crippen molar-refractivity contribution in [2.45, 2.75) is 46.5 Å². The van der Waals surface area contributed by atoms with Gasteiger partial charge in [-0.3, -0.25) is 0 Å². The minimum atomic E-state index is 0.444. The van der Waals surface area contributed by atoms with Crippen molar-refractivity contribution in [1.29, 1.82) is 0 Å². The lowest BCUT2D eigenvalue weighted by molar-refractivity contribution is 0.147. The minimum Gasteiger partial charge on any atom is -0.385 e. The van der Waals surface area contributed by atoms with E-state index < -0.39 is 0 Å². The van der Waals surface area contributed by atoms with Gasteiger partial charge in [0.15, 0.2) is 0 Å². The number of likely N-dealkylation sites (tertiary alicyclic amines) is 1. The Labute approximate surface area is 156 Å². The standard InChI is InChI=1S/C20H30Cl2N2/c1-19(2,3)4-7-24-8-5-20(6-9-24)13-15(20)14-23-18-11-16(21)10-17(22)12-18/h10-12,15,23H,4-9,13-14H2,1-3H3. The van der Waals surface area contributed by atoms with Gasteiger partial charge in [-0.1, -0.05) is 44.0 Å². The fraction of sp³-hybridized carbons (Fsp3) is 0.700. The largest absolute Gasteiger partial charge is 0.385 e. The van der Waals surface area contributed by atoms with Gasteiger partial charge in [-0.25, -0.2) is 0 Å². The lowest BCUT2D eigenvalue weighted by atomic mass is 9.88. The zero-order chi connectivity index (χ0) is 17.4. The Bertz CT molecular complexity index is 551. The average molecular weight is 369 g/mol. The smallest absolute Gasteiger partial charge is 0.0441 e. The molecule has 1 aromatic carbocycles. The first-order chi connectivity index (χ1) is 11.3. The molecule has 1 atom stereocenters. The topological polar surface area (TPSA) is 15.3 Å². The number of rotatable bonds is 5. The maximum atomic E-state index is 6.07. The second-order valence-corrected chi connectivity index (χ2v) is 9.83. The van der Waals surface area contributed by atoms with E-state index in [4.69, 9.17) is 23.2 Å². The molecule has 1 aromatic rings. The summed E-state index contributed by atoms with van der Waals surface area (Å²) >= 11 is 12.1. The van der Waals surface area contributed by atoms with Gasteiger partial charge < -0.3 is 10.2 Å². The van der Waals surface area contributed by atoms with E-state index in [0.29, 0.717) is 20.9 Å². The SMILES string of the molecule is CC(C)(C)CCN1CCC2(CC1)CC2CNc1cc(Cl)cc(Cl)c1. The summed E-state index contributed by atoms with van der Waals surface area (Å²) in [5, 5.41) is 4.93. The third-order valence-corrected chi connectivity index (χ3v) is 6.24. The predicted molar refractivity (Wildman–Crippen MR) is 105 cm³/mol. The summed E-state index contributed by atoms with van der Waals surface area (Å²) < 4.78 is 0. The molecule has 2 nitrogen and oxygen atoms in total. The summed E-state index contributed by atoms with van der Waals surface area (Å²) in [6.07, 6.45) is 5.39. The predicted octanol–water partition coefficient (Wildman–Crippen LogP) is 5.94. The Morgan fingerprint density at radius 1 is 1.12 bits per heavy atom. The molecule has 4 heteroatoms. The number of hydrogen-bond donors (Lipinski definition) is 1. The number of anilines is 1. The Kier molecular flexibility index (Phi) is 5.39. The van der Waals surface area contributed by atoms with Gasteiger partial charge in [0.25, 0.3) is 0 Å². The third kappa shape index (κ3) is 4.80. The first-order valence-corrected chi connectivity index (χ1v) is 9.94. The quantitative estimate of drug-likeness (QED) is 0.691. The van der Waals surface area contributed by atoms with Crippen molar-refractivity contribution in [2.75, 3.05) is 31.5 Å². The molecule has 1 saturated heterocycles. The molecule has 1 unspecified atom stereocenters. The van der Waals surface area contributed by atoms with Crippen molar-refractivity contribution in [3.8, 4) is 0 Å². The minimum absolute atomic E-state index is 0.444. The first kappa shape index (κ1) is 18.4. The van der Waals surface area contributed by atoms with Crippen LogP contribution in [0, 0.1) is 16.7 Å². The Morgan fingerprint density at radius 3 is 2.33 bits per heavy atom. The fourth-order valence-electron chi connectivity index (χ4n) is 3.95. The first-order valence-electron chi connectivity index (χ1n) is 9.18. The van der Waals surface area contributed by atoms with E-state index in [2.05, 4.69) is 31.0 Å². The van der Waals surface area contributed by atoms with E-state index >= 15 is 0 Å². The summed E-state index contributed by atoms with van der Waals surface area (Å²) in [5.41, 5.74) is 2.09. The van der Waals surface area contributed by atoms with Crippen molar-refractivity contribution >= 4 is 28.9 Å². The van der Waals surface area contributed by atoms with Crippen LogP contribution in [0.3, 0.4) is 0 Å². The monoisotopic (exact) mass is 368 g/mol. The molecule has 134 valence electrons. The highest BCUT2D eigenvalue weighted by molar-refractivity contribution is 6.35. The molecule has 1 aliphatic carbocycles. The van der Waals surface area contributed by atoms with Crippen molar-refractivity contribution in [3.63, 3.8) is 0 Å². The molecule has 2 fully saturated rings. The second kappa shape index (κ2) is 7.05. The van der Waals surface area contributed by atoms with Gasteiger partial charge in [0, 0.05) is 22.3 Å². The van der Waals surface area contributed by atoms with Gasteiger partial charge in [0.2, 0.25) is 0 Å². The Balaban J connectivity index is 1.42. The van der Waals surface area contributed by atoms with Gasteiger partial charge in [-0.15, -0.1) is 0 Å². The maximum absolute atomic E-state index is 6.07. The molecule has 1 saturated carbocycles. The molecule has 0 bridgehead atoms. The average Bonchev–Trinajstić information content (AvgIpc) is 3.15. The Hall–Kier alpha value is -0.440. The molecule has 1 heterocycles. The zero-order valence-electron chi connectivity index (χ0n) is 15.2. The molecule has 24 heavy (non-hydrogen) atoms. The van der Waals surface area contributed by atoms with Crippen LogP contribution in [-0.2, 0) is 0 Å². The molecular weight excluding hydrogens is 339 g/mol. The van der Waals surface area contributed by atoms with Crippen LogP contribution in [0.5, 0.6) is 0 Å². The molecule has 2 aliphatic rings. The molecule has 0 aromatic heterocycles. The highest BCUT2D eigenvalue weighted by Gasteiger charge is 2.54. The molecule has 0 amide bonds. The van der Waals surface area contributed by atoms with Crippen LogP contribution < -0.4 is 5.32 Å². The molecule has 1 N–H and O–H groups in total. The van der Waals surface area contributed by atoms with Crippen LogP contribution >= 0.6 is 23.2 Å². The molecule has 1 aliphatic heterocycles. The van der Waals surface area contributed by atoms with E-state index in [1.165, 1.54) is 45.3 Å². The summed E-state index contributed by atoms with van der Waals surface area (Å²) in [6.45, 7) is 11.8. The summed E-state index contributed by atoms with van der Waals surface area (Å²) in [6, 6.07) is 5.69. The summed E-state index contributed by atoms with van der Waals surface area (Å²) in [7, 11) is 0. The van der Waals surface area contributed by atoms with Gasteiger partial charge in [0.1, 0.15) is 0 Å². The van der Waals surface area contributed by atoms with Crippen molar-refractivity contribution in [3.05, 3.63) is 28.2 Å². The van der Waals surface area contributed by atoms with Gasteiger partial charge in [-0.2, -0.15) is 0 Å². The zero-order valence-corrected chi connectivity index (χ0v) is 16.7. The molecule has 3 rings (SSSR count). The van der Waals surface area contributed by atoms with Crippen molar-refractivity contribution in [2.24, 2.45) is 16.7 Å². The third-order valence-electron chi connectivity index (χ3n) is 5.80. The summed E-state index contributed by atoms with van der Waals surface area (Å²) in [5.74, 6) is 0.806. The highest BCUT2D eigenvalue weighted by Crippen LogP contribution is 2.59. The second-order valence-electron chi connectivity index (χ2n) is 8.95. The van der Waals surface area contributed by atoms with Crippen LogP contribution in [0.1, 0.15) is 46.5 Å². The van der Waals surface area contributed by atoms with Crippen molar-refractivity contribution < 1.29 is 0 Å². The number of hydrogen-bond acceptors (Lipinski definition) is 2. The Morgan fingerprint density at radius 2 is 1.75 bits per heavy atom. The normalized spacial score (nSPS) is 23.5. The van der Waals surface area contributed by atoms with Crippen LogP contribution in [0.2, 0.25) is 10.0 Å². The van der Waals surface area contributed by atoms with E-state index in [0.717, 1.165) is 18.2 Å². The number of nitrogens with zero attached hydrogens (tertiary/aromatic N) is 1. The molecule has 0 radical (unpaired) electrons. The number of nitrogens with one attached hydrogen (secondary N) is 1. The van der Waals surface area contributed by atoms with Gasteiger partial charge in [-0.05, 0) is 80.3 Å². The maximum Gasteiger partial charge on any atom is 0.0441 e. The van der Waals surface area contributed by atoms with E-state index in [1.807, 2.05) is 12.1 Å². The lowest BCUT2D eigenvalue weighted by Gasteiger charge is -2.34. The number of piperidine rings is 1. The van der Waals surface area contributed by atoms with Crippen LogP contribution in [-0.4, -0.2) is 31.1 Å². The molecular formula is C20H30Cl2N2.